The highest BCUT2D eigenvalue weighted by Crippen LogP contribution is 2.32. The number of rotatable bonds is 7. The molecule has 1 aromatic rings. The number of aryl methyl sites for hydroxylation is 1. The fourth-order valence-corrected chi connectivity index (χ4v) is 3.21. The first-order valence-corrected chi connectivity index (χ1v) is 8.28. The van der Waals surface area contributed by atoms with Crippen LogP contribution in [0.3, 0.4) is 0 Å². The Morgan fingerprint density at radius 2 is 2.05 bits per heavy atom. The van der Waals surface area contributed by atoms with E-state index in [4.69, 9.17) is 5.73 Å². The van der Waals surface area contributed by atoms with Gasteiger partial charge in [0.1, 0.15) is 0 Å². The second-order valence-electron chi connectivity index (χ2n) is 6.11. The highest BCUT2D eigenvalue weighted by molar-refractivity contribution is 5.85. The molecule has 4 heteroatoms. The van der Waals surface area contributed by atoms with Crippen molar-refractivity contribution in [2.45, 2.75) is 57.9 Å². The third kappa shape index (κ3) is 5.29. The van der Waals surface area contributed by atoms with Gasteiger partial charge >= 0.3 is 0 Å². The van der Waals surface area contributed by atoms with Crippen LogP contribution < -0.4 is 5.73 Å². The third-order valence-corrected chi connectivity index (χ3v) is 4.34. The molecule has 1 atom stereocenters. The molecule has 1 heterocycles. The number of benzene rings is 1. The largest absolute Gasteiger partial charge is 0.336 e. The van der Waals surface area contributed by atoms with Gasteiger partial charge in [0.15, 0.2) is 0 Å². The highest BCUT2D eigenvalue weighted by atomic mass is 35.5. The van der Waals surface area contributed by atoms with E-state index >= 15 is 0 Å². The van der Waals surface area contributed by atoms with E-state index in [0.29, 0.717) is 18.4 Å². The number of nitrogens with zero attached hydrogens (tertiary/aromatic N) is 1. The van der Waals surface area contributed by atoms with Gasteiger partial charge in [0, 0.05) is 13.0 Å². The van der Waals surface area contributed by atoms with Gasteiger partial charge in [0.25, 0.3) is 0 Å². The molecule has 1 unspecified atom stereocenters. The summed E-state index contributed by atoms with van der Waals surface area (Å²) in [7, 11) is 0. The number of halogens is 1. The SMILES string of the molecule is Cc1cccc(C2CCCN2C(=O)CCCCCCN)c1.Cl. The Kier molecular flexibility index (Phi) is 8.51. The molecule has 1 saturated heterocycles. The van der Waals surface area contributed by atoms with Crippen molar-refractivity contribution in [2.75, 3.05) is 13.1 Å². The van der Waals surface area contributed by atoms with Crippen molar-refractivity contribution >= 4 is 18.3 Å². The number of hydrogen-bond donors (Lipinski definition) is 1. The average molecular weight is 325 g/mol. The Hall–Kier alpha value is -1.06. The molecule has 1 aliphatic heterocycles. The Morgan fingerprint density at radius 1 is 1.27 bits per heavy atom. The normalized spacial score (nSPS) is 17.4. The minimum Gasteiger partial charge on any atom is -0.336 e. The molecule has 3 nitrogen and oxygen atoms in total. The van der Waals surface area contributed by atoms with E-state index < -0.39 is 0 Å². The lowest BCUT2D eigenvalue weighted by Gasteiger charge is -2.25. The van der Waals surface area contributed by atoms with Crippen LogP contribution in [0.5, 0.6) is 0 Å². The first kappa shape index (κ1) is 19.0. The molecular weight excluding hydrogens is 296 g/mol. The molecule has 0 aromatic heterocycles. The Morgan fingerprint density at radius 3 is 2.77 bits per heavy atom. The van der Waals surface area contributed by atoms with Crippen LogP contribution in [-0.2, 0) is 4.79 Å². The van der Waals surface area contributed by atoms with Crippen molar-refractivity contribution in [1.82, 2.24) is 4.90 Å². The molecule has 2 rings (SSSR count). The van der Waals surface area contributed by atoms with E-state index in [9.17, 15) is 4.79 Å². The zero-order chi connectivity index (χ0) is 15.1. The van der Waals surface area contributed by atoms with Gasteiger partial charge in [-0.2, -0.15) is 0 Å². The van der Waals surface area contributed by atoms with Gasteiger partial charge in [-0.1, -0.05) is 42.7 Å². The van der Waals surface area contributed by atoms with E-state index in [1.54, 1.807) is 0 Å². The van der Waals surface area contributed by atoms with Gasteiger partial charge in [-0.05, 0) is 44.7 Å². The fraction of sp³-hybridized carbons (Fsp3) is 0.611. The summed E-state index contributed by atoms with van der Waals surface area (Å²) in [6.07, 6.45) is 7.24. The summed E-state index contributed by atoms with van der Waals surface area (Å²) in [5.41, 5.74) is 8.06. The lowest BCUT2D eigenvalue weighted by atomic mass is 10.0. The molecule has 2 N–H and O–H groups in total. The van der Waals surface area contributed by atoms with E-state index in [1.165, 1.54) is 11.1 Å². The van der Waals surface area contributed by atoms with Crippen molar-refractivity contribution in [3.8, 4) is 0 Å². The minimum absolute atomic E-state index is 0. The molecule has 0 spiro atoms. The summed E-state index contributed by atoms with van der Waals surface area (Å²) in [6.45, 7) is 3.79. The number of unbranched alkanes of at least 4 members (excludes halogenated alkanes) is 3. The topological polar surface area (TPSA) is 46.3 Å². The maximum absolute atomic E-state index is 12.4. The van der Waals surface area contributed by atoms with Crippen LogP contribution in [0.4, 0.5) is 0 Å². The molecule has 1 aliphatic rings. The van der Waals surface area contributed by atoms with Crippen LogP contribution in [0.1, 0.15) is 62.1 Å². The van der Waals surface area contributed by atoms with Crippen LogP contribution in [-0.4, -0.2) is 23.9 Å². The van der Waals surface area contributed by atoms with Crippen LogP contribution >= 0.6 is 12.4 Å². The maximum atomic E-state index is 12.4. The molecule has 124 valence electrons. The van der Waals surface area contributed by atoms with Crippen molar-refractivity contribution in [2.24, 2.45) is 5.73 Å². The maximum Gasteiger partial charge on any atom is 0.223 e. The van der Waals surface area contributed by atoms with Crippen molar-refractivity contribution < 1.29 is 4.79 Å². The van der Waals surface area contributed by atoms with Gasteiger partial charge < -0.3 is 10.6 Å². The summed E-state index contributed by atoms with van der Waals surface area (Å²) in [4.78, 5) is 14.5. The van der Waals surface area contributed by atoms with Gasteiger partial charge in [-0.25, -0.2) is 0 Å². The number of amides is 1. The van der Waals surface area contributed by atoms with Gasteiger partial charge in [0.05, 0.1) is 6.04 Å². The number of carbonyl (C=O) groups is 1. The summed E-state index contributed by atoms with van der Waals surface area (Å²) in [5, 5.41) is 0. The molecule has 0 saturated carbocycles. The summed E-state index contributed by atoms with van der Waals surface area (Å²) in [6, 6.07) is 8.88. The first-order chi connectivity index (χ1) is 10.2. The molecular formula is C18H29ClN2O. The number of hydrogen-bond acceptors (Lipinski definition) is 2. The quantitative estimate of drug-likeness (QED) is 0.771. The Labute approximate surface area is 140 Å². The summed E-state index contributed by atoms with van der Waals surface area (Å²) < 4.78 is 0. The zero-order valence-electron chi connectivity index (χ0n) is 13.6. The lowest BCUT2D eigenvalue weighted by Crippen LogP contribution is -2.30. The molecule has 1 aromatic carbocycles. The Bertz CT molecular complexity index is 464. The van der Waals surface area contributed by atoms with Gasteiger partial charge in [0.2, 0.25) is 5.91 Å². The second-order valence-corrected chi connectivity index (χ2v) is 6.11. The standard InChI is InChI=1S/C18H28N2O.ClH/c1-15-8-6-9-16(14-15)17-10-7-13-20(17)18(21)11-4-2-3-5-12-19;/h6,8-9,14,17H,2-5,7,10-13,19H2,1H3;1H. The lowest BCUT2D eigenvalue weighted by molar-refractivity contribution is -0.132. The average Bonchev–Trinajstić information content (AvgIpc) is 2.96. The highest BCUT2D eigenvalue weighted by Gasteiger charge is 2.29. The molecule has 0 aliphatic carbocycles. The predicted molar refractivity (Wildman–Crippen MR) is 94.3 cm³/mol. The van der Waals surface area contributed by atoms with Gasteiger partial charge in [-0.15, -0.1) is 12.4 Å². The van der Waals surface area contributed by atoms with Crippen LogP contribution in [0.2, 0.25) is 0 Å². The summed E-state index contributed by atoms with van der Waals surface area (Å²) >= 11 is 0. The molecule has 1 fully saturated rings. The van der Waals surface area contributed by atoms with Crippen LogP contribution in [0.15, 0.2) is 24.3 Å². The smallest absolute Gasteiger partial charge is 0.223 e. The van der Waals surface area contributed by atoms with E-state index in [1.807, 2.05) is 0 Å². The minimum atomic E-state index is 0. The van der Waals surface area contributed by atoms with E-state index in [-0.39, 0.29) is 12.4 Å². The molecule has 0 bridgehead atoms. The van der Waals surface area contributed by atoms with Crippen LogP contribution in [0, 0.1) is 6.92 Å². The van der Waals surface area contributed by atoms with Gasteiger partial charge in [-0.3, -0.25) is 4.79 Å². The van der Waals surface area contributed by atoms with Crippen LogP contribution in [0.25, 0.3) is 0 Å². The summed E-state index contributed by atoms with van der Waals surface area (Å²) in [5.74, 6) is 0.326. The van der Waals surface area contributed by atoms with Crippen molar-refractivity contribution in [3.63, 3.8) is 0 Å². The van der Waals surface area contributed by atoms with E-state index in [2.05, 4.69) is 36.1 Å². The first-order valence-electron chi connectivity index (χ1n) is 8.28. The molecule has 22 heavy (non-hydrogen) atoms. The number of nitrogens with two attached hydrogens (primary N) is 1. The molecule has 1 amide bonds. The van der Waals surface area contributed by atoms with E-state index in [0.717, 1.165) is 51.6 Å². The molecule has 0 radical (unpaired) electrons. The fourth-order valence-electron chi connectivity index (χ4n) is 3.21. The third-order valence-electron chi connectivity index (χ3n) is 4.34. The Balaban J connectivity index is 0.00000242. The number of carbonyl (C=O) groups excluding carboxylic acids is 1. The van der Waals surface area contributed by atoms with Crippen molar-refractivity contribution in [3.05, 3.63) is 35.4 Å². The van der Waals surface area contributed by atoms with Crippen molar-refractivity contribution in [1.29, 1.82) is 0 Å². The number of likely N-dealkylation sites (tertiary alicyclic amines) is 1. The monoisotopic (exact) mass is 324 g/mol. The second kappa shape index (κ2) is 9.86. The zero-order valence-corrected chi connectivity index (χ0v) is 14.4. The predicted octanol–water partition coefficient (Wildman–Crippen LogP) is 3.99.